The van der Waals surface area contributed by atoms with Crippen LogP contribution in [0, 0.1) is 0 Å². The first-order valence-corrected chi connectivity index (χ1v) is 12.5. The molecule has 0 amide bonds. The van der Waals surface area contributed by atoms with Crippen molar-refractivity contribution >= 4 is 6.08 Å². The first kappa shape index (κ1) is 24.9. The van der Waals surface area contributed by atoms with Crippen molar-refractivity contribution in [3.8, 4) is 5.75 Å². The van der Waals surface area contributed by atoms with Gasteiger partial charge in [-0.15, -0.1) is 0 Å². The van der Waals surface area contributed by atoms with E-state index in [0.29, 0.717) is 13.2 Å². The average molecular weight is 476 g/mol. The Hall–Kier alpha value is -3.16. The fraction of sp³-hybridized carbons (Fsp3) is 0.429. The maximum Gasteiger partial charge on any atom is 0.346 e. The molecule has 0 aliphatic carbocycles. The number of likely N-dealkylation sites (tertiary alicyclic amines) is 1. The van der Waals surface area contributed by atoms with Crippen LogP contribution in [0.1, 0.15) is 31.4 Å². The number of benzene rings is 2. The molecular formula is C28H37N5O2. The third-order valence-corrected chi connectivity index (χ3v) is 6.57. The molecule has 186 valence electrons. The first-order valence-electron chi connectivity index (χ1n) is 12.5. The SMILES string of the molecule is C/C(=C\c1ccccc1)CN1CCC(n2cnn(CCN(C)CCOc3ccccc3)c2=O)CC1. The lowest BCUT2D eigenvalue weighted by molar-refractivity contribution is 0.196. The molecule has 0 spiro atoms. The van der Waals surface area contributed by atoms with Crippen molar-refractivity contribution in [3.63, 3.8) is 0 Å². The molecule has 0 atom stereocenters. The van der Waals surface area contributed by atoms with E-state index >= 15 is 0 Å². The van der Waals surface area contributed by atoms with E-state index in [-0.39, 0.29) is 11.7 Å². The number of aromatic nitrogens is 3. The number of para-hydroxylation sites is 1. The molecule has 1 aliphatic heterocycles. The summed E-state index contributed by atoms with van der Waals surface area (Å²) in [7, 11) is 2.04. The van der Waals surface area contributed by atoms with Crippen LogP contribution in [-0.2, 0) is 6.54 Å². The van der Waals surface area contributed by atoms with Crippen LogP contribution in [0.15, 0.2) is 77.4 Å². The Balaban J connectivity index is 1.20. The van der Waals surface area contributed by atoms with Gasteiger partial charge in [0.05, 0.1) is 6.54 Å². The average Bonchev–Trinajstić information content (AvgIpc) is 3.24. The molecule has 2 heterocycles. The molecule has 1 aliphatic rings. The van der Waals surface area contributed by atoms with Crippen molar-refractivity contribution in [2.24, 2.45) is 0 Å². The van der Waals surface area contributed by atoms with Crippen LogP contribution >= 0.6 is 0 Å². The summed E-state index contributed by atoms with van der Waals surface area (Å²) < 4.78 is 9.19. The normalized spacial score (nSPS) is 15.6. The molecule has 3 aromatic rings. The lowest BCUT2D eigenvalue weighted by Crippen LogP contribution is -2.39. The van der Waals surface area contributed by atoms with Gasteiger partial charge in [-0.25, -0.2) is 9.48 Å². The van der Waals surface area contributed by atoms with Crippen molar-refractivity contribution in [2.75, 3.05) is 46.4 Å². The number of hydrogen-bond acceptors (Lipinski definition) is 5. The van der Waals surface area contributed by atoms with E-state index in [1.807, 2.05) is 48.0 Å². The van der Waals surface area contributed by atoms with Gasteiger partial charge in [0.25, 0.3) is 0 Å². The van der Waals surface area contributed by atoms with Crippen molar-refractivity contribution in [1.82, 2.24) is 24.1 Å². The van der Waals surface area contributed by atoms with Crippen LogP contribution in [0.4, 0.5) is 0 Å². The fourth-order valence-corrected chi connectivity index (χ4v) is 4.55. The number of likely N-dealkylation sites (N-methyl/N-ethyl adjacent to an activating group) is 1. The molecule has 1 fully saturated rings. The lowest BCUT2D eigenvalue weighted by Gasteiger charge is -2.32. The van der Waals surface area contributed by atoms with Crippen molar-refractivity contribution in [1.29, 1.82) is 0 Å². The van der Waals surface area contributed by atoms with Gasteiger partial charge in [-0.1, -0.05) is 60.2 Å². The van der Waals surface area contributed by atoms with E-state index in [4.69, 9.17) is 4.74 Å². The fourth-order valence-electron chi connectivity index (χ4n) is 4.55. The molecule has 1 saturated heterocycles. The Labute approximate surface area is 208 Å². The number of nitrogens with zero attached hydrogens (tertiary/aromatic N) is 5. The highest BCUT2D eigenvalue weighted by Gasteiger charge is 2.23. The lowest BCUT2D eigenvalue weighted by atomic mass is 10.0. The second-order valence-electron chi connectivity index (χ2n) is 9.42. The summed E-state index contributed by atoms with van der Waals surface area (Å²) in [6, 6.07) is 20.5. The van der Waals surface area contributed by atoms with Crippen LogP contribution in [-0.4, -0.2) is 70.5 Å². The summed E-state index contributed by atoms with van der Waals surface area (Å²) in [6.45, 7) is 7.88. The van der Waals surface area contributed by atoms with Gasteiger partial charge in [0.2, 0.25) is 0 Å². The molecule has 0 unspecified atom stereocenters. The predicted octanol–water partition coefficient (Wildman–Crippen LogP) is 3.80. The van der Waals surface area contributed by atoms with Gasteiger partial charge in [-0.3, -0.25) is 9.47 Å². The second kappa shape index (κ2) is 12.5. The van der Waals surface area contributed by atoms with E-state index < -0.39 is 0 Å². The van der Waals surface area contributed by atoms with Crippen molar-refractivity contribution in [2.45, 2.75) is 32.4 Å². The maximum absolute atomic E-state index is 12.9. The van der Waals surface area contributed by atoms with Crippen molar-refractivity contribution < 1.29 is 4.74 Å². The third-order valence-electron chi connectivity index (χ3n) is 6.57. The van der Waals surface area contributed by atoms with Gasteiger partial charge in [-0.05, 0) is 44.5 Å². The zero-order valence-corrected chi connectivity index (χ0v) is 20.9. The highest BCUT2D eigenvalue weighted by molar-refractivity contribution is 5.52. The Morgan fingerprint density at radius 1 is 1.06 bits per heavy atom. The summed E-state index contributed by atoms with van der Waals surface area (Å²) in [6.07, 6.45) is 5.93. The minimum absolute atomic E-state index is 0.00228. The van der Waals surface area contributed by atoms with Crippen LogP contribution in [0.2, 0.25) is 0 Å². The van der Waals surface area contributed by atoms with Gasteiger partial charge < -0.3 is 9.64 Å². The summed E-state index contributed by atoms with van der Waals surface area (Å²) >= 11 is 0. The molecule has 4 rings (SSSR count). The summed E-state index contributed by atoms with van der Waals surface area (Å²) in [5, 5.41) is 4.39. The second-order valence-corrected chi connectivity index (χ2v) is 9.42. The Kier molecular flexibility index (Phi) is 8.92. The number of ether oxygens (including phenoxy) is 1. The molecule has 0 N–H and O–H groups in total. The number of piperidine rings is 1. The van der Waals surface area contributed by atoms with Crippen LogP contribution in [0.5, 0.6) is 5.75 Å². The molecular weight excluding hydrogens is 438 g/mol. The van der Waals surface area contributed by atoms with Crippen LogP contribution in [0.3, 0.4) is 0 Å². The van der Waals surface area contributed by atoms with Crippen LogP contribution in [0.25, 0.3) is 6.08 Å². The van der Waals surface area contributed by atoms with E-state index in [1.54, 1.807) is 11.0 Å². The largest absolute Gasteiger partial charge is 0.492 e. The monoisotopic (exact) mass is 475 g/mol. The Bertz CT molecular complexity index is 1120. The van der Waals surface area contributed by atoms with Gasteiger partial charge in [-0.2, -0.15) is 5.10 Å². The summed E-state index contributed by atoms with van der Waals surface area (Å²) in [5.74, 6) is 0.879. The zero-order chi connectivity index (χ0) is 24.5. The molecule has 35 heavy (non-hydrogen) atoms. The molecule has 1 aromatic heterocycles. The quantitative estimate of drug-likeness (QED) is 0.422. The Morgan fingerprint density at radius 3 is 2.46 bits per heavy atom. The Morgan fingerprint density at radius 2 is 1.74 bits per heavy atom. The molecule has 0 radical (unpaired) electrons. The van der Waals surface area contributed by atoms with Crippen molar-refractivity contribution in [3.05, 3.63) is 88.6 Å². The van der Waals surface area contributed by atoms with E-state index in [2.05, 4.69) is 52.2 Å². The summed E-state index contributed by atoms with van der Waals surface area (Å²) in [5.41, 5.74) is 2.60. The minimum Gasteiger partial charge on any atom is -0.492 e. The minimum atomic E-state index is -0.00228. The predicted molar refractivity (Wildman–Crippen MR) is 141 cm³/mol. The standard InChI is InChI=1S/C28H37N5O2/c1-24(21-25-9-5-3-6-10-25)22-31-15-13-26(14-16-31)32-23-29-33(28(32)34)18-17-30(2)19-20-35-27-11-7-4-8-12-27/h3-12,21,23,26H,13-20,22H2,1-2H3/b24-21+. The van der Waals surface area contributed by atoms with Gasteiger partial charge in [0.1, 0.15) is 18.7 Å². The van der Waals surface area contributed by atoms with Crippen LogP contribution < -0.4 is 10.4 Å². The topological polar surface area (TPSA) is 55.5 Å². The highest BCUT2D eigenvalue weighted by Crippen LogP contribution is 2.21. The highest BCUT2D eigenvalue weighted by atomic mass is 16.5. The smallest absolute Gasteiger partial charge is 0.346 e. The van der Waals surface area contributed by atoms with Gasteiger partial charge in [0, 0.05) is 38.8 Å². The number of rotatable bonds is 11. The van der Waals surface area contributed by atoms with Gasteiger partial charge >= 0.3 is 5.69 Å². The number of hydrogen-bond donors (Lipinski definition) is 0. The summed E-state index contributed by atoms with van der Waals surface area (Å²) in [4.78, 5) is 17.6. The van der Waals surface area contributed by atoms with E-state index in [0.717, 1.165) is 51.3 Å². The molecule has 2 aromatic carbocycles. The molecule has 0 bridgehead atoms. The molecule has 0 saturated carbocycles. The first-order chi connectivity index (χ1) is 17.1. The maximum atomic E-state index is 12.9. The van der Waals surface area contributed by atoms with E-state index in [1.165, 1.54) is 11.1 Å². The zero-order valence-electron chi connectivity index (χ0n) is 20.9. The third kappa shape index (κ3) is 7.41. The van der Waals surface area contributed by atoms with E-state index in [9.17, 15) is 4.79 Å². The molecule has 7 heteroatoms. The molecule has 7 nitrogen and oxygen atoms in total. The van der Waals surface area contributed by atoms with Gasteiger partial charge in [0.15, 0.2) is 0 Å².